The number of hydrogen-bond acceptors (Lipinski definition) is 2. The number of nitrogens with zero attached hydrogens (tertiary/aromatic N) is 2. The van der Waals surface area contributed by atoms with Crippen molar-refractivity contribution in [1.82, 2.24) is 9.80 Å². The van der Waals surface area contributed by atoms with Crippen LogP contribution in [0.3, 0.4) is 0 Å². The van der Waals surface area contributed by atoms with Crippen molar-refractivity contribution >= 4 is 0 Å². The molecule has 0 atom stereocenters. The summed E-state index contributed by atoms with van der Waals surface area (Å²) in [4.78, 5) is 4.94. The van der Waals surface area contributed by atoms with Gasteiger partial charge in [0.15, 0.2) is 0 Å². The number of rotatable bonds is 0. The second-order valence-corrected chi connectivity index (χ2v) is 4.48. The van der Waals surface area contributed by atoms with Crippen LogP contribution in [0.1, 0.15) is 40.5 Å². The molecule has 0 aromatic rings. The first-order chi connectivity index (χ1) is 7.20. The third-order valence-corrected chi connectivity index (χ3v) is 3.26. The lowest BCUT2D eigenvalue weighted by molar-refractivity contribution is 0.277. The predicted octanol–water partition coefficient (Wildman–Crippen LogP) is 2.70. The molecule has 0 unspecified atom stereocenters. The summed E-state index contributed by atoms with van der Waals surface area (Å²) in [5, 5.41) is 0. The van der Waals surface area contributed by atoms with Crippen molar-refractivity contribution in [1.29, 1.82) is 0 Å². The van der Waals surface area contributed by atoms with Crippen molar-refractivity contribution in [2.75, 3.05) is 40.3 Å². The molecule has 2 aliphatic heterocycles. The Balaban J connectivity index is 0.000000442. The van der Waals surface area contributed by atoms with Crippen LogP contribution in [0.15, 0.2) is 0 Å². The van der Waals surface area contributed by atoms with Crippen molar-refractivity contribution in [3.63, 3.8) is 0 Å². The van der Waals surface area contributed by atoms with Gasteiger partial charge < -0.3 is 9.80 Å². The molecule has 0 aliphatic carbocycles. The minimum absolute atomic E-state index is 0.684. The van der Waals surface area contributed by atoms with Gasteiger partial charge in [-0.2, -0.15) is 0 Å². The van der Waals surface area contributed by atoms with Crippen molar-refractivity contribution in [3.8, 4) is 0 Å². The van der Waals surface area contributed by atoms with Crippen LogP contribution in [0.5, 0.6) is 0 Å². The summed E-state index contributed by atoms with van der Waals surface area (Å²) in [5.74, 6) is 0. The largest absolute Gasteiger partial charge is 0.306 e. The third kappa shape index (κ3) is 4.12. The zero-order valence-electron chi connectivity index (χ0n) is 11.6. The van der Waals surface area contributed by atoms with E-state index in [4.69, 9.17) is 0 Å². The van der Waals surface area contributed by atoms with Crippen molar-refractivity contribution in [3.05, 3.63) is 0 Å². The second-order valence-electron chi connectivity index (χ2n) is 4.48. The lowest BCUT2D eigenvalue weighted by atomic mass is 9.86. The van der Waals surface area contributed by atoms with Gasteiger partial charge in [-0.15, -0.1) is 0 Å². The predicted molar refractivity (Wildman–Crippen MR) is 69.4 cm³/mol. The summed E-state index contributed by atoms with van der Waals surface area (Å²) in [6.07, 6.45) is 2.85. The Morgan fingerprint density at radius 1 is 0.733 bits per heavy atom. The highest BCUT2D eigenvalue weighted by molar-refractivity contribution is 4.95. The van der Waals surface area contributed by atoms with Crippen LogP contribution in [-0.2, 0) is 0 Å². The van der Waals surface area contributed by atoms with Gasteiger partial charge in [0.2, 0.25) is 0 Å². The minimum atomic E-state index is 0.684. The van der Waals surface area contributed by atoms with Gasteiger partial charge in [-0.25, -0.2) is 0 Å². The fourth-order valence-corrected chi connectivity index (χ4v) is 2.65. The van der Waals surface area contributed by atoms with Crippen molar-refractivity contribution in [2.45, 2.75) is 40.5 Å². The summed E-state index contributed by atoms with van der Waals surface area (Å²) in [6, 6.07) is 0. The average Bonchev–Trinajstić information content (AvgIpc) is 2.81. The number of hydrogen-bond donors (Lipinski definition) is 0. The number of likely N-dealkylation sites (tertiary alicyclic amines) is 2. The maximum atomic E-state index is 2.47. The molecule has 1 spiro atoms. The Bertz CT molecular complexity index is 139. The maximum absolute atomic E-state index is 2.47. The molecule has 2 heteroatoms. The minimum Gasteiger partial charge on any atom is -0.306 e. The fraction of sp³-hybridized carbons (Fsp3) is 1.00. The van der Waals surface area contributed by atoms with Gasteiger partial charge in [-0.1, -0.05) is 27.7 Å². The van der Waals surface area contributed by atoms with Crippen LogP contribution in [0, 0.1) is 5.41 Å². The van der Waals surface area contributed by atoms with Crippen LogP contribution in [0.25, 0.3) is 0 Å². The SMILES string of the molecule is CC.CC.CN1CCC2(CCN(C)C2)C1. The van der Waals surface area contributed by atoms with E-state index in [1.165, 1.54) is 39.0 Å². The molecule has 0 bridgehead atoms. The molecule has 0 radical (unpaired) electrons. The van der Waals surface area contributed by atoms with E-state index in [9.17, 15) is 0 Å². The highest BCUT2D eigenvalue weighted by Gasteiger charge is 2.40. The van der Waals surface area contributed by atoms with Gasteiger partial charge in [-0.05, 0) is 45.4 Å². The molecule has 0 N–H and O–H groups in total. The molecule has 92 valence electrons. The maximum Gasteiger partial charge on any atom is 0.00481 e. The average molecular weight is 214 g/mol. The van der Waals surface area contributed by atoms with E-state index in [0.29, 0.717) is 5.41 Å². The van der Waals surface area contributed by atoms with Crippen LogP contribution in [-0.4, -0.2) is 50.1 Å². The van der Waals surface area contributed by atoms with Crippen molar-refractivity contribution in [2.24, 2.45) is 5.41 Å². The Kier molecular flexibility index (Phi) is 7.20. The molecular weight excluding hydrogens is 184 g/mol. The van der Waals surface area contributed by atoms with Crippen LogP contribution >= 0.6 is 0 Å². The van der Waals surface area contributed by atoms with Crippen LogP contribution in [0.2, 0.25) is 0 Å². The Labute approximate surface area is 96.6 Å². The zero-order valence-corrected chi connectivity index (χ0v) is 11.6. The summed E-state index contributed by atoms with van der Waals surface area (Å²) in [7, 11) is 4.49. The summed E-state index contributed by atoms with van der Waals surface area (Å²) >= 11 is 0. The summed E-state index contributed by atoms with van der Waals surface area (Å²) in [6.45, 7) is 13.3. The van der Waals surface area contributed by atoms with E-state index in [1.54, 1.807) is 0 Å². The van der Waals surface area contributed by atoms with Gasteiger partial charge in [0.25, 0.3) is 0 Å². The summed E-state index contributed by atoms with van der Waals surface area (Å²) in [5.41, 5.74) is 0.684. The molecular formula is C13H30N2. The first-order valence-electron chi connectivity index (χ1n) is 6.57. The molecule has 0 amide bonds. The normalized spacial score (nSPS) is 24.4. The Morgan fingerprint density at radius 2 is 1.07 bits per heavy atom. The highest BCUT2D eigenvalue weighted by atomic mass is 15.2. The topological polar surface area (TPSA) is 6.48 Å². The Morgan fingerprint density at radius 3 is 1.27 bits per heavy atom. The van der Waals surface area contributed by atoms with Gasteiger partial charge in [-0.3, -0.25) is 0 Å². The van der Waals surface area contributed by atoms with Crippen LogP contribution < -0.4 is 0 Å². The third-order valence-electron chi connectivity index (χ3n) is 3.26. The van der Waals surface area contributed by atoms with E-state index in [-0.39, 0.29) is 0 Å². The quantitative estimate of drug-likeness (QED) is 0.612. The van der Waals surface area contributed by atoms with Crippen LogP contribution in [0.4, 0.5) is 0 Å². The van der Waals surface area contributed by atoms with Gasteiger partial charge in [0, 0.05) is 13.1 Å². The van der Waals surface area contributed by atoms with E-state index in [1.807, 2.05) is 27.7 Å². The van der Waals surface area contributed by atoms with Gasteiger partial charge in [0.1, 0.15) is 0 Å². The van der Waals surface area contributed by atoms with Gasteiger partial charge in [0.05, 0.1) is 0 Å². The molecule has 2 rings (SSSR count). The first kappa shape index (κ1) is 14.9. The molecule has 0 aromatic heterocycles. The van der Waals surface area contributed by atoms with E-state index >= 15 is 0 Å². The van der Waals surface area contributed by atoms with E-state index < -0.39 is 0 Å². The molecule has 0 saturated carbocycles. The van der Waals surface area contributed by atoms with E-state index in [2.05, 4.69) is 23.9 Å². The molecule has 2 aliphatic rings. The smallest absolute Gasteiger partial charge is 0.00481 e. The molecule has 2 fully saturated rings. The summed E-state index contributed by atoms with van der Waals surface area (Å²) < 4.78 is 0. The van der Waals surface area contributed by atoms with Crippen molar-refractivity contribution < 1.29 is 0 Å². The highest BCUT2D eigenvalue weighted by Crippen LogP contribution is 2.37. The standard InChI is InChI=1S/C9H18N2.2C2H6/c1-10-5-3-9(7-10)4-6-11(2)8-9;2*1-2/h3-8H2,1-2H3;2*1-2H3. The Hall–Kier alpha value is -0.0800. The van der Waals surface area contributed by atoms with Gasteiger partial charge >= 0.3 is 0 Å². The zero-order chi connectivity index (χ0) is 11.9. The fourth-order valence-electron chi connectivity index (χ4n) is 2.65. The first-order valence-corrected chi connectivity index (χ1v) is 6.57. The molecule has 2 heterocycles. The molecule has 2 nitrogen and oxygen atoms in total. The molecule has 15 heavy (non-hydrogen) atoms. The molecule has 0 aromatic carbocycles. The second kappa shape index (κ2) is 7.24. The van der Waals surface area contributed by atoms with E-state index in [0.717, 1.165) is 0 Å². The lowest BCUT2D eigenvalue weighted by Gasteiger charge is -2.22. The lowest BCUT2D eigenvalue weighted by Crippen LogP contribution is -2.27. The monoisotopic (exact) mass is 214 g/mol. The molecule has 2 saturated heterocycles.